The summed E-state index contributed by atoms with van der Waals surface area (Å²) in [6.07, 6.45) is 5.24. The highest BCUT2D eigenvalue weighted by atomic mass is 32.1. The van der Waals surface area contributed by atoms with E-state index in [1.807, 2.05) is 25.1 Å². The Bertz CT molecular complexity index is 1730. The molecule has 0 aliphatic heterocycles. The molecule has 0 fully saturated rings. The number of aromatic nitrogens is 5. The zero-order valence-electron chi connectivity index (χ0n) is 18.8. The second kappa shape index (κ2) is 7.36. The molecule has 0 amide bonds. The summed E-state index contributed by atoms with van der Waals surface area (Å²) in [6, 6.07) is 12.3. The van der Waals surface area contributed by atoms with E-state index in [1.165, 1.54) is 29.5 Å². The summed E-state index contributed by atoms with van der Waals surface area (Å²) in [4.78, 5) is 15.1. The molecule has 0 spiro atoms. The lowest BCUT2D eigenvalue weighted by atomic mass is 10.1. The van der Waals surface area contributed by atoms with Gasteiger partial charge in [-0.15, -0.1) is 16.4 Å². The van der Waals surface area contributed by atoms with E-state index in [1.54, 1.807) is 22.2 Å². The topological polar surface area (TPSA) is 78.3 Å². The van der Waals surface area contributed by atoms with Gasteiger partial charge in [0.25, 0.3) is 0 Å². The summed E-state index contributed by atoms with van der Waals surface area (Å²) < 4.78 is 14.7. The summed E-state index contributed by atoms with van der Waals surface area (Å²) >= 11 is 1.60. The van der Waals surface area contributed by atoms with Crippen LogP contribution in [0.4, 0.5) is 0 Å². The van der Waals surface area contributed by atoms with Gasteiger partial charge in [0.1, 0.15) is 34.0 Å². The molecule has 34 heavy (non-hydrogen) atoms. The van der Waals surface area contributed by atoms with Crippen LogP contribution in [0.15, 0.2) is 47.1 Å². The van der Waals surface area contributed by atoms with Crippen molar-refractivity contribution in [2.24, 2.45) is 0 Å². The van der Waals surface area contributed by atoms with Crippen LogP contribution in [0, 0.1) is 13.8 Å². The quantitative estimate of drug-likeness (QED) is 0.324. The van der Waals surface area contributed by atoms with Gasteiger partial charge in [0.15, 0.2) is 11.4 Å². The molecule has 8 heteroatoms. The SMILES string of the molecule is Cc1cc(C)c2c(n1)sc1c2ncn2nc(-c3ccc(COc4ccc5c(c4)CCC5)o3)nc12. The third-order valence-corrected chi connectivity index (χ3v) is 7.49. The maximum atomic E-state index is 6.03. The van der Waals surface area contributed by atoms with Gasteiger partial charge in [-0.1, -0.05) is 6.07 Å². The average molecular weight is 468 g/mol. The lowest BCUT2D eigenvalue weighted by Gasteiger charge is -2.06. The van der Waals surface area contributed by atoms with Gasteiger partial charge in [0.2, 0.25) is 5.82 Å². The van der Waals surface area contributed by atoms with Crippen molar-refractivity contribution in [2.75, 3.05) is 0 Å². The summed E-state index contributed by atoms with van der Waals surface area (Å²) in [5, 5.41) is 5.69. The smallest absolute Gasteiger partial charge is 0.218 e. The molecule has 5 heterocycles. The second-order valence-corrected chi connectivity index (χ2v) is 9.83. The minimum atomic E-state index is 0.360. The summed E-state index contributed by atoms with van der Waals surface area (Å²) in [5.41, 5.74) is 6.68. The highest BCUT2D eigenvalue weighted by molar-refractivity contribution is 7.26. The van der Waals surface area contributed by atoms with E-state index >= 15 is 0 Å². The number of nitrogens with zero attached hydrogens (tertiary/aromatic N) is 5. The normalized spacial score (nSPS) is 13.4. The van der Waals surface area contributed by atoms with Gasteiger partial charge < -0.3 is 9.15 Å². The van der Waals surface area contributed by atoms with Crippen LogP contribution in [0.25, 0.3) is 37.7 Å². The van der Waals surface area contributed by atoms with Crippen LogP contribution in [0.3, 0.4) is 0 Å². The molecular formula is C26H21N5O2S. The first kappa shape index (κ1) is 19.7. The minimum Gasteiger partial charge on any atom is -0.486 e. The van der Waals surface area contributed by atoms with E-state index in [4.69, 9.17) is 19.1 Å². The molecule has 0 bridgehead atoms. The van der Waals surface area contributed by atoms with Crippen molar-refractivity contribution in [3.8, 4) is 17.3 Å². The van der Waals surface area contributed by atoms with Crippen LogP contribution < -0.4 is 4.74 Å². The number of fused-ring (bicyclic) bond motifs is 6. The fraction of sp³-hybridized carbons (Fsp3) is 0.231. The van der Waals surface area contributed by atoms with Gasteiger partial charge in [-0.25, -0.2) is 19.5 Å². The third kappa shape index (κ3) is 3.09. The standard InChI is InChI=1S/C26H21N5O2S/c1-14-10-15(2)28-26-21(14)22-23(34-26)25-29-24(30-31(25)13-27-22)20-9-8-19(33-20)12-32-18-7-6-16-4-3-5-17(16)11-18/h6-11,13H,3-5,12H2,1-2H3. The number of aryl methyl sites for hydroxylation is 4. The van der Waals surface area contributed by atoms with Crippen molar-refractivity contribution in [1.82, 2.24) is 24.6 Å². The van der Waals surface area contributed by atoms with Gasteiger partial charge >= 0.3 is 0 Å². The van der Waals surface area contributed by atoms with Crippen molar-refractivity contribution >= 4 is 37.4 Å². The molecular weight excluding hydrogens is 446 g/mol. The van der Waals surface area contributed by atoms with E-state index in [0.717, 1.165) is 49.7 Å². The van der Waals surface area contributed by atoms with Crippen LogP contribution in [-0.2, 0) is 19.4 Å². The zero-order chi connectivity index (χ0) is 22.8. The average Bonchev–Trinajstić information content (AvgIpc) is 3.60. The largest absolute Gasteiger partial charge is 0.486 e. The first-order valence-corrected chi connectivity index (χ1v) is 12.2. The lowest BCUT2D eigenvalue weighted by Crippen LogP contribution is -1.94. The van der Waals surface area contributed by atoms with Gasteiger partial charge in [-0.05, 0) is 80.1 Å². The molecule has 168 valence electrons. The molecule has 0 atom stereocenters. The Kier molecular flexibility index (Phi) is 4.26. The number of hydrogen-bond acceptors (Lipinski definition) is 7. The summed E-state index contributed by atoms with van der Waals surface area (Å²) in [7, 11) is 0. The Morgan fingerprint density at radius 2 is 1.97 bits per heavy atom. The molecule has 5 aromatic heterocycles. The van der Waals surface area contributed by atoms with Gasteiger partial charge in [-0.2, -0.15) is 0 Å². The molecule has 7 nitrogen and oxygen atoms in total. The minimum absolute atomic E-state index is 0.360. The molecule has 0 saturated carbocycles. The van der Waals surface area contributed by atoms with Crippen molar-refractivity contribution in [2.45, 2.75) is 39.7 Å². The van der Waals surface area contributed by atoms with Gasteiger partial charge in [0, 0.05) is 11.1 Å². The number of thiophene rings is 1. The number of rotatable bonds is 4. The molecule has 1 aromatic carbocycles. The third-order valence-electron chi connectivity index (χ3n) is 6.43. The predicted molar refractivity (Wildman–Crippen MR) is 131 cm³/mol. The number of pyridine rings is 1. The van der Waals surface area contributed by atoms with Crippen LogP contribution in [-0.4, -0.2) is 24.6 Å². The molecule has 0 radical (unpaired) electrons. The second-order valence-electron chi connectivity index (χ2n) is 8.83. The molecule has 6 aromatic rings. The lowest BCUT2D eigenvalue weighted by molar-refractivity contribution is 0.271. The maximum Gasteiger partial charge on any atom is 0.218 e. The monoisotopic (exact) mass is 467 g/mol. The van der Waals surface area contributed by atoms with Crippen LogP contribution in [0.5, 0.6) is 5.75 Å². The summed E-state index contributed by atoms with van der Waals surface area (Å²) in [6.45, 7) is 4.47. The van der Waals surface area contributed by atoms with Crippen LogP contribution in [0.2, 0.25) is 0 Å². The molecule has 0 N–H and O–H groups in total. The molecule has 7 rings (SSSR count). The fourth-order valence-corrected chi connectivity index (χ4v) is 6.07. The maximum absolute atomic E-state index is 6.03. The summed E-state index contributed by atoms with van der Waals surface area (Å²) in [5.74, 6) is 2.74. The van der Waals surface area contributed by atoms with Gasteiger partial charge in [-0.3, -0.25) is 0 Å². The first-order valence-electron chi connectivity index (χ1n) is 11.4. The van der Waals surface area contributed by atoms with Crippen molar-refractivity contribution in [3.63, 3.8) is 0 Å². The van der Waals surface area contributed by atoms with E-state index in [2.05, 4.69) is 35.2 Å². The Morgan fingerprint density at radius 3 is 2.91 bits per heavy atom. The van der Waals surface area contributed by atoms with Crippen molar-refractivity contribution in [1.29, 1.82) is 0 Å². The molecule has 0 saturated heterocycles. The van der Waals surface area contributed by atoms with Crippen LogP contribution in [0.1, 0.15) is 34.6 Å². The number of ether oxygens (including phenoxy) is 1. The fourth-order valence-electron chi connectivity index (χ4n) is 4.84. The Morgan fingerprint density at radius 1 is 1.06 bits per heavy atom. The van der Waals surface area contributed by atoms with E-state index in [0.29, 0.717) is 18.2 Å². The first-order chi connectivity index (χ1) is 16.6. The Labute approximate surface area is 199 Å². The van der Waals surface area contributed by atoms with Crippen molar-refractivity contribution in [3.05, 3.63) is 70.9 Å². The number of furan rings is 1. The predicted octanol–water partition coefficient (Wildman–Crippen LogP) is 5.83. The van der Waals surface area contributed by atoms with Crippen molar-refractivity contribution < 1.29 is 9.15 Å². The van der Waals surface area contributed by atoms with Gasteiger partial charge in [0.05, 0.1) is 5.52 Å². The number of benzene rings is 1. The molecule has 0 unspecified atom stereocenters. The molecule has 1 aliphatic carbocycles. The molecule has 1 aliphatic rings. The van der Waals surface area contributed by atoms with E-state index in [9.17, 15) is 0 Å². The van der Waals surface area contributed by atoms with E-state index < -0.39 is 0 Å². The Balaban J connectivity index is 1.20. The highest BCUT2D eigenvalue weighted by Crippen LogP contribution is 2.36. The number of hydrogen-bond donors (Lipinski definition) is 0. The van der Waals surface area contributed by atoms with Crippen LogP contribution >= 0.6 is 11.3 Å². The zero-order valence-corrected chi connectivity index (χ0v) is 19.6. The Hall–Kier alpha value is -3.78. The van der Waals surface area contributed by atoms with E-state index in [-0.39, 0.29) is 0 Å². The highest BCUT2D eigenvalue weighted by Gasteiger charge is 2.18.